The number of rotatable bonds is 5. The molecular weight excluding hydrogens is 352 g/mol. The SMILES string of the molecule is CCC(C)c1ccc(NC(=O)CN2C(=O)c3ccccc3S2(=O)=O)cc1. The van der Waals surface area contributed by atoms with Gasteiger partial charge in [0.2, 0.25) is 5.91 Å². The highest BCUT2D eigenvalue weighted by molar-refractivity contribution is 7.90. The first-order valence-corrected chi connectivity index (χ1v) is 9.84. The van der Waals surface area contributed by atoms with Crippen LogP contribution >= 0.6 is 0 Å². The lowest BCUT2D eigenvalue weighted by Gasteiger charge is -2.15. The van der Waals surface area contributed by atoms with Crippen LogP contribution < -0.4 is 5.32 Å². The topological polar surface area (TPSA) is 83.6 Å². The maximum atomic E-state index is 12.5. The maximum absolute atomic E-state index is 12.5. The maximum Gasteiger partial charge on any atom is 0.269 e. The number of sulfonamides is 1. The number of fused-ring (bicyclic) bond motifs is 1. The predicted octanol–water partition coefficient (Wildman–Crippen LogP) is 2.98. The van der Waals surface area contributed by atoms with E-state index in [1.54, 1.807) is 24.3 Å². The van der Waals surface area contributed by atoms with Gasteiger partial charge in [-0.15, -0.1) is 0 Å². The minimum absolute atomic E-state index is 0.0595. The monoisotopic (exact) mass is 372 g/mol. The third-order valence-electron chi connectivity index (χ3n) is 4.58. The Morgan fingerprint density at radius 1 is 1.12 bits per heavy atom. The van der Waals surface area contributed by atoms with E-state index in [1.807, 2.05) is 12.1 Å². The number of hydrogen-bond donors (Lipinski definition) is 1. The molecule has 1 unspecified atom stereocenters. The number of nitrogens with one attached hydrogen (secondary N) is 1. The quantitative estimate of drug-likeness (QED) is 0.874. The molecule has 0 aromatic heterocycles. The molecule has 1 N–H and O–H groups in total. The zero-order chi connectivity index (χ0) is 18.9. The molecule has 1 aliphatic rings. The summed E-state index contributed by atoms with van der Waals surface area (Å²) in [7, 11) is -3.98. The Labute approximate surface area is 152 Å². The molecule has 0 aliphatic carbocycles. The lowest BCUT2D eigenvalue weighted by Crippen LogP contribution is -2.37. The molecule has 3 rings (SSSR count). The van der Waals surface area contributed by atoms with Crippen LogP contribution in [-0.2, 0) is 14.8 Å². The molecule has 0 bridgehead atoms. The highest BCUT2D eigenvalue weighted by Crippen LogP contribution is 2.29. The second kappa shape index (κ2) is 6.92. The fourth-order valence-corrected chi connectivity index (χ4v) is 4.37. The molecule has 0 saturated carbocycles. The minimum Gasteiger partial charge on any atom is -0.325 e. The number of benzene rings is 2. The second-order valence-electron chi connectivity index (χ2n) is 6.29. The first kappa shape index (κ1) is 18.1. The Hall–Kier alpha value is -2.67. The number of carbonyl (C=O) groups is 2. The second-order valence-corrected chi connectivity index (χ2v) is 8.12. The number of carbonyl (C=O) groups excluding carboxylic acids is 2. The summed E-state index contributed by atoms with van der Waals surface area (Å²) in [6, 6.07) is 13.4. The summed E-state index contributed by atoms with van der Waals surface area (Å²) >= 11 is 0. The van der Waals surface area contributed by atoms with Crippen molar-refractivity contribution in [1.29, 1.82) is 0 Å². The van der Waals surface area contributed by atoms with Crippen LogP contribution in [0.1, 0.15) is 42.1 Å². The van der Waals surface area contributed by atoms with Crippen molar-refractivity contribution in [2.75, 3.05) is 11.9 Å². The molecule has 2 aromatic rings. The van der Waals surface area contributed by atoms with Crippen molar-refractivity contribution >= 4 is 27.5 Å². The lowest BCUT2D eigenvalue weighted by molar-refractivity contribution is -0.116. The van der Waals surface area contributed by atoms with Crippen LogP contribution in [0.5, 0.6) is 0 Å². The molecule has 136 valence electrons. The molecule has 1 aliphatic heterocycles. The Balaban J connectivity index is 1.72. The molecule has 2 aromatic carbocycles. The Morgan fingerprint density at radius 3 is 2.38 bits per heavy atom. The fraction of sp³-hybridized carbons (Fsp3) is 0.263. The van der Waals surface area contributed by atoms with Gasteiger partial charge in [0.15, 0.2) is 0 Å². The molecule has 7 heteroatoms. The lowest BCUT2D eigenvalue weighted by atomic mass is 9.99. The molecule has 0 radical (unpaired) electrons. The van der Waals surface area contributed by atoms with Crippen molar-refractivity contribution < 1.29 is 18.0 Å². The fourth-order valence-electron chi connectivity index (χ4n) is 2.85. The molecule has 2 amide bonds. The van der Waals surface area contributed by atoms with E-state index in [4.69, 9.17) is 0 Å². The molecule has 6 nitrogen and oxygen atoms in total. The van der Waals surface area contributed by atoms with E-state index < -0.39 is 28.4 Å². The summed E-state index contributed by atoms with van der Waals surface area (Å²) < 4.78 is 25.5. The third kappa shape index (κ3) is 3.22. The van der Waals surface area contributed by atoms with Crippen LogP contribution in [0.25, 0.3) is 0 Å². The third-order valence-corrected chi connectivity index (χ3v) is 6.36. The van der Waals surface area contributed by atoms with Gasteiger partial charge in [0, 0.05) is 5.69 Å². The van der Waals surface area contributed by atoms with Gasteiger partial charge in [-0.3, -0.25) is 9.59 Å². The average Bonchev–Trinajstić information content (AvgIpc) is 2.83. The van der Waals surface area contributed by atoms with Crippen LogP contribution in [0.3, 0.4) is 0 Å². The molecule has 1 atom stereocenters. The van der Waals surface area contributed by atoms with Gasteiger partial charge in [0.1, 0.15) is 11.4 Å². The first-order valence-electron chi connectivity index (χ1n) is 8.40. The summed E-state index contributed by atoms with van der Waals surface area (Å²) in [6.45, 7) is 3.67. The molecule has 26 heavy (non-hydrogen) atoms. The van der Waals surface area contributed by atoms with Crippen LogP contribution in [0, 0.1) is 0 Å². The van der Waals surface area contributed by atoms with Crippen molar-refractivity contribution in [3.05, 3.63) is 59.7 Å². The standard InChI is InChI=1S/C19H20N2O4S/c1-3-13(2)14-8-10-15(11-9-14)20-18(22)12-21-19(23)16-6-4-5-7-17(16)26(21,24)25/h4-11,13H,3,12H2,1-2H3,(H,20,22). The zero-order valence-electron chi connectivity index (χ0n) is 14.6. The number of anilines is 1. The Morgan fingerprint density at radius 2 is 1.77 bits per heavy atom. The number of amides is 2. The van der Waals surface area contributed by atoms with Crippen LogP contribution in [-0.4, -0.2) is 31.1 Å². The van der Waals surface area contributed by atoms with Crippen molar-refractivity contribution in [3.63, 3.8) is 0 Å². The first-order chi connectivity index (χ1) is 12.3. The Bertz CT molecular complexity index is 952. The van der Waals surface area contributed by atoms with Gasteiger partial charge in [0.05, 0.1) is 5.56 Å². The zero-order valence-corrected chi connectivity index (χ0v) is 15.4. The Kier molecular flexibility index (Phi) is 4.82. The normalized spacial score (nSPS) is 16.2. The minimum atomic E-state index is -3.98. The van der Waals surface area contributed by atoms with Crippen molar-refractivity contribution in [3.8, 4) is 0 Å². The molecule has 0 fully saturated rings. The van der Waals surface area contributed by atoms with Crippen molar-refractivity contribution in [2.24, 2.45) is 0 Å². The molecular formula is C19H20N2O4S. The smallest absolute Gasteiger partial charge is 0.269 e. The van der Waals surface area contributed by atoms with E-state index in [2.05, 4.69) is 19.2 Å². The summed E-state index contributed by atoms with van der Waals surface area (Å²) in [6.07, 6.45) is 1.02. The van der Waals surface area contributed by atoms with Gasteiger partial charge in [0.25, 0.3) is 15.9 Å². The number of nitrogens with zero attached hydrogens (tertiary/aromatic N) is 1. The van der Waals surface area contributed by atoms with Gasteiger partial charge in [-0.1, -0.05) is 38.1 Å². The average molecular weight is 372 g/mol. The van der Waals surface area contributed by atoms with E-state index in [0.29, 0.717) is 15.9 Å². The molecule has 0 saturated heterocycles. The highest BCUT2D eigenvalue weighted by Gasteiger charge is 2.41. The van der Waals surface area contributed by atoms with Gasteiger partial charge in [-0.2, -0.15) is 0 Å². The predicted molar refractivity (Wildman–Crippen MR) is 98.4 cm³/mol. The van der Waals surface area contributed by atoms with E-state index in [0.717, 1.165) is 6.42 Å². The van der Waals surface area contributed by atoms with Crippen LogP contribution in [0.2, 0.25) is 0 Å². The van der Waals surface area contributed by atoms with Crippen LogP contribution in [0.15, 0.2) is 53.4 Å². The van der Waals surface area contributed by atoms with Crippen molar-refractivity contribution in [1.82, 2.24) is 4.31 Å². The van der Waals surface area contributed by atoms with E-state index in [9.17, 15) is 18.0 Å². The van der Waals surface area contributed by atoms with Gasteiger partial charge in [-0.05, 0) is 42.2 Å². The molecule has 1 heterocycles. The highest BCUT2D eigenvalue weighted by atomic mass is 32.2. The summed E-state index contributed by atoms with van der Waals surface area (Å²) in [5, 5.41) is 2.64. The summed E-state index contributed by atoms with van der Waals surface area (Å²) in [5.41, 5.74) is 1.82. The van der Waals surface area contributed by atoms with Gasteiger partial charge >= 0.3 is 0 Å². The van der Waals surface area contributed by atoms with Crippen molar-refractivity contribution in [2.45, 2.75) is 31.1 Å². The van der Waals surface area contributed by atoms with E-state index >= 15 is 0 Å². The van der Waals surface area contributed by atoms with Gasteiger partial charge < -0.3 is 5.32 Å². The number of hydrogen-bond acceptors (Lipinski definition) is 4. The summed E-state index contributed by atoms with van der Waals surface area (Å²) in [5.74, 6) is -0.820. The van der Waals surface area contributed by atoms with Crippen LogP contribution in [0.4, 0.5) is 5.69 Å². The summed E-state index contributed by atoms with van der Waals surface area (Å²) in [4.78, 5) is 24.5. The molecule has 0 spiro atoms. The van der Waals surface area contributed by atoms with E-state index in [1.165, 1.54) is 17.7 Å². The van der Waals surface area contributed by atoms with Gasteiger partial charge in [-0.25, -0.2) is 12.7 Å². The largest absolute Gasteiger partial charge is 0.325 e. The van der Waals surface area contributed by atoms with E-state index in [-0.39, 0.29) is 10.5 Å².